The zero-order valence-electron chi connectivity index (χ0n) is 18.7. The van der Waals surface area contributed by atoms with Gasteiger partial charge < -0.3 is 14.7 Å². The number of fused-ring (bicyclic) bond motifs is 1. The van der Waals surface area contributed by atoms with Gasteiger partial charge in [0.2, 0.25) is 11.9 Å². The average molecular weight is 409 g/mol. The molecule has 2 saturated heterocycles. The van der Waals surface area contributed by atoms with Gasteiger partial charge in [-0.1, -0.05) is 6.92 Å². The molecule has 1 amide bonds. The van der Waals surface area contributed by atoms with E-state index >= 15 is 0 Å². The number of pyridine rings is 1. The number of amides is 1. The highest BCUT2D eigenvalue weighted by molar-refractivity contribution is 5.76. The molecule has 4 heterocycles. The van der Waals surface area contributed by atoms with Crippen molar-refractivity contribution < 1.29 is 4.79 Å². The first-order valence-corrected chi connectivity index (χ1v) is 10.8. The molecule has 0 unspecified atom stereocenters. The second-order valence-electron chi connectivity index (χ2n) is 9.13. The Balaban J connectivity index is 1.60. The molecule has 2 fully saturated rings. The third-order valence-corrected chi connectivity index (χ3v) is 6.47. The van der Waals surface area contributed by atoms with Gasteiger partial charge in [0.05, 0.1) is 5.69 Å². The van der Waals surface area contributed by atoms with Crippen LogP contribution in [0.2, 0.25) is 0 Å². The number of rotatable bonds is 5. The van der Waals surface area contributed by atoms with Crippen molar-refractivity contribution in [2.24, 2.45) is 11.3 Å². The van der Waals surface area contributed by atoms with E-state index < -0.39 is 0 Å². The Morgan fingerprint density at radius 1 is 1.17 bits per heavy atom. The molecular weight excluding hydrogens is 376 g/mol. The molecule has 30 heavy (non-hydrogen) atoms. The molecule has 0 saturated carbocycles. The van der Waals surface area contributed by atoms with Crippen LogP contribution in [-0.2, 0) is 4.79 Å². The van der Waals surface area contributed by atoms with Gasteiger partial charge in [0.25, 0.3) is 0 Å². The van der Waals surface area contributed by atoms with Crippen molar-refractivity contribution in [3.8, 4) is 11.3 Å². The SMILES string of the molecule is CCC(=O)N1C[C@@H]2CN(c3nccc(-c4ccc(C)nc4C)n3)C[C@]2(CN(C)C)C1. The Hall–Kier alpha value is -2.54. The van der Waals surface area contributed by atoms with Gasteiger partial charge in [-0.25, -0.2) is 9.97 Å². The first kappa shape index (κ1) is 20.7. The van der Waals surface area contributed by atoms with E-state index in [1.807, 2.05) is 39.1 Å². The zero-order valence-corrected chi connectivity index (χ0v) is 18.7. The van der Waals surface area contributed by atoms with Crippen molar-refractivity contribution >= 4 is 11.9 Å². The highest BCUT2D eigenvalue weighted by Crippen LogP contribution is 2.44. The number of hydrogen-bond acceptors (Lipinski definition) is 6. The summed E-state index contributed by atoms with van der Waals surface area (Å²) in [6, 6.07) is 6.07. The van der Waals surface area contributed by atoms with E-state index in [-0.39, 0.29) is 11.3 Å². The number of aryl methyl sites for hydroxylation is 2. The van der Waals surface area contributed by atoms with Crippen molar-refractivity contribution in [2.45, 2.75) is 27.2 Å². The van der Waals surface area contributed by atoms with E-state index in [1.54, 1.807) is 0 Å². The van der Waals surface area contributed by atoms with Crippen molar-refractivity contribution in [1.29, 1.82) is 0 Å². The third kappa shape index (κ3) is 3.78. The Labute approximate surface area is 179 Å². The molecule has 0 radical (unpaired) electrons. The lowest BCUT2D eigenvalue weighted by Gasteiger charge is -2.32. The molecule has 0 spiro atoms. The fraction of sp³-hybridized carbons (Fsp3) is 0.565. The monoisotopic (exact) mass is 408 g/mol. The van der Waals surface area contributed by atoms with Gasteiger partial charge >= 0.3 is 0 Å². The molecule has 0 bridgehead atoms. The number of aromatic nitrogens is 3. The first-order chi connectivity index (χ1) is 14.3. The second-order valence-corrected chi connectivity index (χ2v) is 9.13. The standard InChI is InChI=1S/C23H32N6O/c1-6-21(30)28-11-18-12-29(15-23(18,14-28)13-27(4)5)22-24-10-9-20(26-22)19-8-7-16(2)25-17(19)3/h7-10,18H,6,11-15H2,1-5H3/t18-,23+/m1/s1. The number of nitrogens with zero attached hydrogens (tertiary/aromatic N) is 6. The van der Waals surface area contributed by atoms with Crippen molar-refractivity contribution in [3.05, 3.63) is 35.8 Å². The summed E-state index contributed by atoms with van der Waals surface area (Å²) in [5.41, 5.74) is 4.01. The number of likely N-dealkylation sites (tertiary alicyclic amines) is 1. The van der Waals surface area contributed by atoms with Crippen molar-refractivity contribution in [2.75, 3.05) is 51.7 Å². The van der Waals surface area contributed by atoms with Crippen LogP contribution >= 0.6 is 0 Å². The van der Waals surface area contributed by atoms with E-state index in [4.69, 9.17) is 4.98 Å². The fourth-order valence-corrected chi connectivity index (χ4v) is 5.21. The maximum absolute atomic E-state index is 12.4. The predicted molar refractivity (Wildman–Crippen MR) is 118 cm³/mol. The van der Waals surface area contributed by atoms with Gasteiger partial charge in [-0.2, -0.15) is 0 Å². The normalized spacial score (nSPS) is 23.3. The Kier molecular flexibility index (Phi) is 5.49. The zero-order chi connectivity index (χ0) is 21.5. The van der Waals surface area contributed by atoms with Gasteiger partial charge in [0, 0.05) is 73.6 Å². The van der Waals surface area contributed by atoms with Crippen molar-refractivity contribution in [3.63, 3.8) is 0 Å². The summed E-state index contributed by atoms with van der Waals surface area (Å²) in [6.45, 7) is 10.3. The number of carbonyl (C=O) groups excluding carboxylic acids is 1. The van der Waals surface area contributed by atoms with Crippen LogP contribution in [0.3, 0.4) is 0 Å². The molecule has 2 aromatic heterocycles. The van der Waals surface area contributed by atoms with Crippen LogP contribution < -0.4 is 4.90 Å². The van der Waals surface area contributed by atoms with Gasteiger partial charge in [-0.05, 0) is 46.1 Å². The molecule has 0 aromatic carbocycles. The van der Waals surface area contributed by atoms with Crippen LogP contribution in [0.15, 0.2) is 24.4 Å². The Morgan fingerprint density at radius 3 is 2.67 bits per heavy atom. The summed E-state index contributed by atoms with van der Waals surface area (Å²) in [4.78, 5) is 33.1. The fourth-order valence-electron chi connectivity index (χ4n) is 5.21. The van der Waals surface area contributed by atoms with Crippen LogP contribution in [0, 0.1) is 25.2 Å². The topological polar surface area (TPSA) is 65.5 Å². The molecule has 2 aliphatic rings. The molecule has 2 aliphatic heterocycles. The minimum Gasteiger partial charge on any atom is -0.342 e. The largest absolute Gasteiger partial charge is 0.342 e. The lowest BCUT2D eigenvalue weighted by molar-refractivity contribution is -0.130. The van der Waals surface area contributed by atoms with Crippen LogP contribution in [0.5, 0.6) is 0 Å². The van der Waals surface area contributed by atoms with Gasteiger partial charge in [-0.3, -0.25) is 9.78 Å². The second kappa shape index (κ2) is 7.95. The summed E-state index contributed by atoms with van der Waals surface area (Å²) in [5.74, 6) is 1.47. The minimum atomic E-state index is 0.0645. The molecule has 0 aliphatic carbocycles. The molecule has 7 nitrogen and oxygen atoms in total. The lowest BCUT2D eigenvalue weighted by Crippen LogP contribution is -2.43. The maximum atomic E-state index is 12.4. The van der Waals surface area contributed by atoms with E-state index in [1.165, 1.54) is 0 Å². The summed E-state index contributed by atoms with van der Waals surface area (Å²) in [5, 5.41) is 0. The summed E-state index contributed by atoms with van der Waals surface area (Å²) in [7, 11) is 4.23. The van der Waals surface area contributed by atoms with E-state index in [0.717, 1.165) is 61.3 Å². The molecule has 2 atom stereocenters. The highest BCUT2D eigenvalue weighted by Gasteiger charge is 2.53. The average Bonchev–Trinajstić information content (AvgIpc) is 3.20. The molecule has 0 N–H and O–H groups in total. The van der Waals surface area contributed by atoms with E-state index in [0.29, 0.717) is 12.3 Å². The van der Waals surface area contributed by atoms with Gasteiger partial charge in [0.1, 0.15) is 0 Å². The first-order valence-electron chi connectivity index (χ1n) is 10.8. The van der Waals surface area contributed by atoms with E-state index in [9.17, 15) is 4.79 Å². The molecule has 7 heteroatoms. The molecule has 2 aromatic rings. The van der Waals surface area contributed by atoms with Gasteiger partial charge in [-0.15, -0.1) is 0 Å². The van der Waals surface area contributed by atoms with E-state index in [2.05, 4.69) is 44.8 Å². The van der Waals surface area contributed by atoms with Crippen LogP contribution in [0.4, 0.5) is 5.95 Å². The number of hydrogen-bond donors (Lipinski definition) is 0. The van der Waals surface area contributed by atoms with Crippen LogP contribution in [0.25, 0.3) is 11.3 Å². The molecule has 4 rings (SSSR count). The maximum Gasteiger partial charge on any atom is 0.225 e. The number of anilines is 1. The van der Waals surface area contributed by atoms with Crippen LogP contribution in [0.1, 0.15) is 24.7 Å². The van der Waals surface area contributed by atoms with Crippen molar-refractivity contribution in [1.82, 2.24) is 24.8 Å². The quantitative estimate of drug-likeness (QED) is 0.757. The predicted octanol–water partition coefficient (Wildman–Crippen LogP) is 2.39. The third-order valence-electron chi connectivity index (χ3n) is 6.47. The summed E-state index contributed by atoms with van der Waals surface area (Å²) < 4.78 is 0. The lowest BCUT2D eigenvalue weighted by atomic mass is 9.80. The Bertz CT molecular complexity index is 945. The minimum absolute atomic E-state index is 0.0645. The highest BCUT2D eigenvalue weighted by atomic mass is 16.2. The summed E-state index contributed by atoms with van der Waals surface area (Å²) >= 11 is 0. The molecular formula is C23H32N6O. The smallest absolute Gasteiger partial charge is 0.225 e. The van der Waals surface area contributed by atoms with Gasteiger partial charge in [0.15, 0.2) is 0 Å². The van der Waals surface area contributed by atoms with Crippen LogP contribution in [-0.4, -0.2) is 77.5 Å². The molecule has 160 valence electrons. The Morgan fingerprint density at radius 2 is 1.97 bits per heavy atom. The number of carbonyl (C=O) groups is 1. The summed E-state index contributed by atoms with van der Waals surface area (Å²) in [6.07, 6.45) is 2.42.